The van der Waals surface area contributed by atoms with Gasteiger partial charge in [0.2, 0.25) is 0 Å². The minimum atomic E-state index is 0.509. The third-order valence-corrected chi connectivity index (χ3v) is 4.12. The van der Waals surface area contributed by atoms with Crippen LogP contribution in [0.25, 0.3) is 21.5 Å². The number of carbonyl (C=O) groups is 1. The molecule has 0 bridgehead atoms. The van der Waals surface area contributed by atoms with Crippen LogP contribution in [0.5, 0.6) is 23.0 Å². The van der Waals surface area contributed by atoms with Crippen molar-refractivity contribution in [1.82, 2.24) is 0 Å². The molecule has 124 valence electrons. The molecule has 24 heavy (non-hydrogen) atoms. The largest absolute Gasteiger partial charge is 0.493 e. The van der Waals surface area contributed by atoms with Crippen molar-refractivity contribution in [3.8, 4) is 23.0 Å². The van der Waals surface area contributed by atoms with Crippen LogP contribution in [-0.4, -0.2) is 34.7 Å². The lowest BCUT2D eigenvalue weighted by molar-refractivity contribution is 0.112. The van der Waals surface area contributed by atoms with Crippen molar-refractivity contribution in [1.29, 1.82) is 0 Å². The van der Waals surface area contributed by atoms with Crippen molar-refractivity contribution >= 4 is 27.8 Å². The van der Waals surface area contributed by atoms with Gasteiger partial charge in [0.25, 0.3) is 0 Å². The molecule has 0 saturated carbocycles. The molecular weight excluding hydrogens is 308 g/mol. The smallest absolute Gasteiger partial charge is 0.169 e. The summed E-state index contributed by atoms with van der Waals surface area (Å²) in [6.07, 6.45) is 0.816. The number of benzene rings is 3. The van der Waals surface area contributed by atoms with E-state index in [1.165, 1.54) is 0 Å². The lowest BCUT2D eigenvalue weighted by Gasteiger charge is -2.16. The van der Waals surface area contributed by atoms with Gasteiger partial charge in [0.1, 0.15) is 0 Å². The average Bonchev–Trinajstić information content (AvgIpc) is 2.64. The number of fused-ring (bicyclic) bond motifs is 3. The summed E-state index contributed by atoms with van der Waals surface area (Å²) in [5.41, 5.74) is 0.541. The fourth-order valence-corrected chi connectivity index (χ4v) is 3.00. The first-order valence-corrected chi connectivity index (χ1v) is 7.37. The summed E-state index contributed by atoms with van der Waals surface area (Å²) >= 11 is 0. The summed E-state index contributed by atoms with van der Waals surface area (Å²) in [5.74, 6) is 2.34. The minimum absolute atomic E-state index is 0.509. The number of aldehydes is 1. The quantitative estimate of drug-likeness (QED) is 0.527. The molecule has 0 aromatic heterocycles. The van der Waals surface area contributed by atoms with E-state index in [1.807, 2.05) is 24.3 Å². The van der Waals surface area contributed by atoms with E-state index in [9.17, 15) is 4.79 Å². The Morgan fingerprint density at radius 1 is 0.750 bits per heavy atom. The highest BCUT2D eigenvalue weighted by Crippen LogP contribution is 2.43. The number of hydrogen-bond donors (Lipinski definition) is 0. The third-order valence-electron chi connectivity index (χ3n) is 4.12. The molecule has 0 N–H and O–H groups in total. The Morgan fingerprint density at radius 3 is 2.00 bits per heavy atom. The van der Waals surface area contributed by atoms with E-state index < -0.39 is 0 Å². The summed E-state index contributed by atoms with van der Waals surface area (Å²) in [4.78, 5) is 11.5. The first-order valence-electron chi connectivity index (χ1n) is 7.37. The van der Waals surface area contributed by atoms with Gasteiger partial charge in [-0.25, -0.2) is 0 Å². The van der Waals surface area contributed by atoms with E-state index in [-0.39, 0.29) is 0 Å². The predicted octanol–water partition coefficient (Wildman–Crippen LogP) is 3.84. The van der Waals surface area contributed by atoms with E-state index >= 15 is 0 Å². The highest BCUT2D eigenvalue weighted by atomic mass is 16.5. The topological polar surface area (TPSA) is 54.0 Å². The van der Waals surface area contributed by atoms with Crippen LogP contribution in [0.2, 0.25) is 0 Å². The standard InChI is InChI=1S/C19H18O5/c1-21-15-7-11-5-6-13-12(10-20)8-17(23-3)19(24-4)18(13)14(11)9-16(15)22-2/h5-10H,1-4H3. The van der Waals surface area contributed by atoms with Gasteiger partial charge in [0, 0.05) is 10.9 Å². The fourth-order valence-electron chi connectivity index (χ4n) is 3.00. The highest BCUT2D eigenvalue weighted by molar-refractivity contribution is 6.16. The molecule has 5 nitrogen and oxygen atoms in total. The van der Waals surface area contributed by atoms with Gasteiger partial charge in [0.15, 0.2) is 29.3 Å². The third kappa shape index (κ3) is 2.29. The van der Waals surface area contributed by atoms with Crippen LogP contribution in [0.1, 0.15) is 10.4 Å². The van der Waals surface area contributed by atoms with Gasteiger partial charge in [-0.3, -0.25) is 4.79 Å². The summed E-state index contributed by atoms with van der Waals surface area (Å²) in [6.45, 7) is 0. The molecule has 0 heterocycles. The van der Waals surface area contributed by atoms with E-state index in [4.69, 9.17) is 18.9 Å². The van der Waals surface area contributed by atoms with Crippen LogP contribution >= 0.6 is 0 Å². The number of ether oxygens (including phenoxy) is 4. The lowest BCUT2D eigenvalue weighted by atomic mass is 9.97. The second kappa shape index (κ2) is 6.28. The molecule has 3 rings (SSSR count). The first-order chi connectivity index (χ1) is 11.7. The normalized spacial score (nSPS) is 10.7. The van der Waals surface area contributed by atoms with E-state index in [1.54, 1.807) is 34.5 Å². The molecule has 0 radical (unpaired) electrons. The van der Waals surface area contributed by atoms with Gasteiger partial charge >= 0.3 is 0 Å². The summed E-state index contributed by atoms with van der Waals surface area (Å²) in [5, 5.41) is 3.44. The van der Waals surface area contributed by atoms with Gasteiger partial charge < -0.3 is 18.9 Å². The molecule has 0 amide bonds. The van der Waals surface area contributed by atoms with Crippen molar-refractivity contribution in [2.24, 2.45) is 0 Å². The molecule has 0 saturated heterocycles. The Hall–Kier alpha value is -2.95. The van der Waals surface area contributed by atoms with Gasteiger partial charge in [-0.2, -0.15) is 0 Å². The Balaban J connectivity index is 2.55. The molecule has 3 aromatic rings. The zero-order chi connectivity index (χ0) is 17.3. The summed E-state index contributed by atoms with van der Waals surface area (Å²) in [7, 11) is 6.31. The molecule has 0 aliphatic rings. The molecular formula is C19H18O5. The second-order valence-electron chi connectivity index (χ2n) is 5.24. The molecule has 0 aliphatic heterocycles. The van der Waals surface area contributed by atoms with Crippen molar-refractivity contribution < 1.29 is 23.7 Å². The van der Waals surface area contributed by atoms with E-state index in [0.29, 0.717) is 28.6 Å². The van der Waals surface area contributed by atoms with Crippen molar-refractivity contribution in [2.75, 3.05) is 28.4 Å². The second-order valence-corrected chi connectivity index (χ2v) is 5.24. The van der Waals surface area contributed by atoms with Crippen molar-refractivity contribution in [3.63, 3.8) is 0 Å². The van der Waals surface area contributed by atoms with Gasteiger partial charge in [0.05, 0.1) is 28.4 Å². The Kier molecular flexibility index (Phi) is 4.16. The zero-order valence-electron chi connectivity index (χ0n) is 14.0. The minimum Gasteiger partial charge on any atom is -0.493 e. The van der Waals surface area contributed by atoms with Crippen molar-refractivity contribution in [2.45, 2.75) is 0 Å². The van der Waals surface area contributed by atoms with Gasteiger partial charge in [-0.05, 0) is 34.4 Å². The van der Waals surface area contributed by atoms with E-state index in [2.05, 4.69) is 0 Å². The fraction of sp³-hybridized carbons (Fsp3) is 0.211. The Morgan fingerprint density at radius 2 is 1.42 bits per heavy atom. The summed E-state index contributed by atoms with van der Waals surface area (Å²) < 4.78 is 21.8. The van der Waals surface area contributed by atoms with Gasteiger partial charge in [-0.15, -0.1) is 0 Å². The Bertz CT molecular complexity index is 930. The molecule has 0 atom stereocenters. The maximum Gasteiger partial charge on any atom is 0.169 e. The lowest BCUT2D eigenvalue weighted by Crippen LogP contribution is -1.96. The molecule has 0 aliphatic carbocycles. The molecule has 3 aromatic carbocycles. The number of methoxy groups -OCH3 is 4. The van der Waals surface area contributed by atoms with Crippen LogP contribution in [0, 0.1) is 0 Å². The van der Waals surface area contributed by atoms with Crippen LogP contribution in [0.4, 0.5) is 0 Å². The van der Waals surface area contributed by atoms with Crippen molar-refractivity contribution in [3.05, 3.63) is 35.9 Å². The SMILES string of the molecule is COc1cc2ccc3c(C=O)cc(OC)c(OC)c3c2cc1OC. The molecule has 0 fully saturated rings. The summed E-state index contributed by atoms with van der Waals surface area (Å²) in [6, 6.07) is 9.30. The predicted molar refractivity (Wildman–Crippen MR) is 93.0 cm³/mol. The average molecular weight is 326 g/mol. The van der Waals surface area contributed by atoms with E-state index in [0.717, 1.165) is 27.8 Å². The Labute approximate surface area is 139 Å². The maximum atomic E-state index is 11.5. The maximum absolute atomic E-state index is 11.5. The van der Waals surface area contributed by atoms with Crippen LogP contribution in [-0.2, 0) is 0 Å². The first kappa shape index (κ1) is 15.9. The highest BCUT2D eigenvalue weighted by Gasteiger charge is 2.17. The molecule has 0 spiro atoms. The van der Waals surface area contributed by atoms with Crippen LogP contribution in [0.3, 0.4) is 0 Å². The number of rotatable bonds is 5. The van der Waals surface area contributed by atoms with Crippen LogP contribution in [0.15, 0.2) is 30.3 Å². The van der Waals surface area contributed by atoms with Crippen LogP contribution < -0.4 is 18.9 Å². The van der Waals surface area contributed by atoms with Gasteiger partial charge in [-0.1, -0.05) is 12.1 Å². The molecule has 5 heteroatoms. The number of carbonyl (C=O) groups excluding carboxylic acids is 1. The number of hydrogen-bond acceptors (Lipinski definition) is 5. The molecule has 0 unspecified atom stereocenters. The monoisotopic (exact) mass is 326 g/mol. The zero-order valence-corrected chi connectivity index (χ0v) is 14.0.